The summed E-state index contributed by atoms with van der Waals surface area (Å²) in [6.45, 7) is 0.431. The molecular formula is C30H22N2O4S. The Kier molecular flexibility index (Phi) is 6.93. The van der Waals surface area contributed by atoms with Gasteiger partial charge in [-0.15, -0.1) is 0 Å². The lowest BCUT2D eigenvalue weighted by Gasteiger charge is -2.13. The Bertz CT molecular complexity index is 1590. The number of fused-ring (bicyclic) bond motifs is 1. The molecule has 1 saturated heterocycles. The summed E-state index contributed by atoms with van der Waals surface area (Å²) in [6.07, 6.45) is 1.66. The molecule has 1 aliphatic rings. The maximum atomic E-state index is 13.0. The van der Waals surface area contributed by atoms with E-state index in [1.165, 1.54) is 5.39 Å². The second kappa shape index (κ2) is 10.6. The van der Waals surface area contributed by atoms with E-state index < -0.39 is 5.91 Å². The van der Waals surface area contributed by atoms with Gasteiger partial charge < -0.3 is 9.47 Å². The van der Waals surface area contributed by atoms with Gasteiger partial charge in [-0.25, -0.2) is 0 Å². The summed E-state index contributed by atoms with van der Waals surface area (Å²) < 4.78 is 11.6. The highest BCUT2D eigenvalue weighted by Gasteiger charge is 2.35. The molecular weight excluding hydrogens is 484 g/mol. The molecule has 2 amide bonds. The van der Waals surface area contributed by atoms with Gasteiger partial charge in [0.1, 0.15) is 6.61 Å². The SMILES string of the molecule is COc1cc(/C=C2/SC(=O)N(Cc3ccccc3C#N)C2=O)ccc1OCc1ccc2ccccc2c1. The largest absolute Gasteiger partial charge is 0.493 e. The Balaban J connectivity index is 1.31. The third kappa shape index (κ3) is 5.20. The lowest BCUT2D eigenvalue weighted by molar-refractivity contribution is -0.123. The Labute approximate surface area is 218 Å². The molecule has 5 rings (SSSR count). The fraction of sp³-hybridized carbons (Fsp3) is 0.100. The van der Waals surface area contributed by atoms with E-state index >= 15 is 0 Å². The summed E-state index contributed by atoms with van der Waals surface area (Å²) in [7, 11) is 1.56. The van der Waals surface area contributed by atoms with Crippen LogP contribution in [0.15, 0.2) is 89.8 Å². The van der Waals surface area contributed by atoms with Crippen molar-refractivity contribution < 1.29 is 19.1 Å². The molecule has 182 valence electrons. The summed E-state index contributed by atoms with van der Waals surface area (Å²) >= 11 is 0.879. The Hall–Kier alpha value is -4.54. The first-order valence-electron chi connectivity index (χ1n) is 11.6. The van der Waals surface area contributed by atoms with Gasteiger partial charge in [-0.2, -0.15) is 5.26 Å². The lowest BCUT2D eigenvalue weighted by Crippen LogP contribution is -2.27. The highest BCUT2D eigenvalue weighted by atomic mass is 32.2. The van der Waals surface area contributed by atoms with Gasteiger partial charge in [-0.3, -0.25) is 14.5 Å². The fourth-order valence-corrected chi connectivity index (χ4v) is 4.95. The van der Waals surface area contributed by atoms with E-state index in [4.69, 9.17) is 9.47 Å². The summed E-state index contributed by atoms with van der Waals surface area (Å²) in [5, 5.41) is 11.3. The van der Waals surface area contributed by atoms with Gasteiger partial charge in [0, 0.05) is 0 Å². The molecule has 0 unspecified atom stereocenters. The average molecular weight is 507 g/mol. The molecule has 0 bridgehead atoms. The number of imide groups is 1. The zero-order valence-electron chi connectivity index (χ0n) is 20.0. The number of nitrogens with zero attached hydrogens (tertiary/aromatic N) is 2. The zero-order valence-corrected chi connectivity index (χ0v) is 20.8. The molecule has 0 N–H and O–H groups in total. The summed E-state index contributed by atoms with van der Waals surface area (Å²) in [5.74, 6) is 0.712. The summed E-state index contributed by atoms with van der Waals surface area (Å²) in [4.78, 5) is 27.0. The van der Waals surface area contributed by atoms with Crippen molar-refractivity contribution in [2.45, 2.75) is 13.2 Å². The smallest absolute Gasteiger partial charge is 0.293 e. The Morgan fingerprint density at radius 2 is 1.70 bits per heavy atom. The first kappa shape index (κ1) is 24.2. The second-order valence-corrected chi connectivity index (χ2v) is 9.41. The van der Waals surface area contributed by atoms with Crippen LogP contribution in [0.4, 0.5) is 4.79 Å². The van der Waals surface area contributed by atoms with Gasteiger partial charge in [-0.1, -0.05) is 60.7 Å². The van der Waals surface area contributed by atoms with Gasteiger partial charge in [0.05, 0.1) is 30.2 Å². The number of hydrogen-bond acceptors (Lipinski definition) is 6. The number of ether oxygens (including phenoxy) is 2. The van der Waals surface area contributed by atoms with E-state index in [0.717, 1.165) is 27.6 Å². The number of amides is 2. The molecule has 1 heterocycles. The predicted molar refractivity (Wildman–Crippen MR) is 144 cm³/mol. The van der Waals surface area contributed by atoms with E-state index in [-0.39, 0.29) is 11.8 Å². The lowest BCUT2D eigenvalue weighted by atomic mass is 10.1. The summed E-state index contributed by atoms with van der Waals surface area (Å²) in [5.41, 5.74) is 2.81. The third-order valence-corrected chi connectivity index (χ3v) is 6.94. The fourth-order valence-electron chi connectivity index (χ4n) is 4.11. The number of benzene rings is 4. The molecule has 1 aliphatic heterocycles. The zero-order chi connectivity index (χ0) is 25.8. The molecule has 4 aromatic carbocycles. The number of carbonyl (C=O) groups is 2. The highest BCUT2D eigenvalue weighted by molar-refractivity contribution is 8.18. The van der Waals surface area contributed by atoms with Crippen LogP contribution in [0.1, 0.15) is 22.3 Å². The van der Waals surface area contributed by atoms with E-state index in [1.54, 1.807) is 49.6 Å². The standard InChI is InChI=1S/C30H22N2O4S/c1-35-27-15-20(11-13-26(27)36-19-21-10-12-22-6-2-3-7-23(22)14-21)16-28-29(33)32(30(34)37-28)18-25-9-5-4-8-24(25)17-31/h2-16H,18-19H2,1H3/b28-16+. The van der Waals surface area contributed by atoms with Gasteiger partial charge in [0.2, 0.25) is 0 Å². The van der Waals surface area contributed by atoms with Crippen LogP contribution in [0, 0.1) is 11.3 Å². The molecule has 1 fully saturated rings. The summed E-state index contributed by atoms with van der Waals surface area (Å²) in [6, 6.07) is 28.8. The van der Waals surface area contributed by atoms with Crippen LogP contribution in [0.5, 0.6) is 11.5 Å². The molecule has 0 aromatic heterocycles. The van der Waals surface area contributed by atoms with Crippen molar-refractivity contribution >= 4 is 39.8 Å². The molecule has 0 radical (unpaired) electrons. The molecule has 7 heteroatoms. The van der Waals surface area contributed by atoms with Crippen LogP contribution < -0.4 is 9.47 Å². The van der Waals surface area contributed by atoms with Crippen molar-refractivity contribution in [1.82, 2.24) is 4.90 Å². The van der Waals surface area contributed by atoms with Crippen LogP contribution in [-0.2, 0) is 17.9 Å². The molecule has 0 aliphatic carbocycles. The number of rotatable bonds is 7. The molecule has 4 aromatic rings. The van der Waals surface area contributed by atoms with Crippen LogP contribution in [-0.4, -0.2) is 23.2 Å². The van der Waals surface area contributed by atoms with E-state index in [1.807, 2.05) is 24.3 Å². The van der Waals surface area contributed by atoms with Crippen LogP contribution in [0.3, 0.4) is 0 Å². The molecule has 0 spiro atoms. The van der Waals surface area contributed by atoms with E-state index in [0.29, 0.717) is 39.7 Å². The number of hydrogen-bond donors (Lipinski definition) is 0. The van der Waals surface area contributed by atoms with E-state index in [2.05, 4.69) is 30.3 Å². The van der Waals surface area contributed by atoms with Gasteiger partial charge in [0.15, 0.2) is 11.5 Å². The highest BCUT2D eigenvalue weighted by Crippen LogP contribution is 2.35. The first-order valence-corrected chi connectivity index (χ1v) is 12.4. The maximum Gasteiger partial charge on any atom is 0.293 e. The van der Waals surface area contributed by atoms with Gasteiger partial charge in [0.25, 0.3) is 11.1 Å². The maximum absolute atomic E-state index is 13.0. The monoisotopic (exact) mass is 506 g/mol. The topological polar surface area (TPSA) is 79.6 Å². The van der Waals surface area contributed by atoms with Crippen LogP contribution in [0.2, 0.25) is 0 Å². The van der Waals surface area contributed by atoms with Crippen molar-refractivity contribution in [2.75, 3.05) is 7.11 Å². The quantitative estimate of drug-likeness (QED) is 0.265. The molecule has 0 atom stereocenters. The van der Waals surface area contributed by atoms with Crippen molar-refractivity contribution in [3.63, 3.8) is 0 Å². The van der Waals surface area contributed by atoms with E-state index in [9.17, 15) is 14.9 Å². The number of thioether (sulfide) groups is 1. The normalized spacial score (nSPS) is 14.3. The van der Waals surface area contributed by atoms with Crippen LogP contribution >= 0.6 is 11.8 Å². The van der Waals surface area contributed by atoms with Gasteiger partial charge >= 0.3 is 0 Å². The van der Waals surface area contributed by atoms with Crippen molar-refractivity contribution in [2.24, 2.45) is 0 Å². The van der Waals surface area contributed by atoms with Crippen LogP contribution in [0.25, 0.3) is 16.8 Å². The number of nitriles is 1. The average Bonchev–Trinajstić information content (AvgIpc) is 3.19. The second-order valence-electron chi connectivity index (χ2n) is 8.42. The number of methoxy groups -OCH3 is 1. The minimum atomic E-state index is -0.390. The Morgan fingerprint density at radius 1 is 0.919 bits per heavy atom. The van der Waals surface area contributed by atoms with Crippen molar-refractivity contribution in [3.05, 3.63) is 112 Å². The Morgan fingerprint density at radius 3 is 2.51 bits per heavy atom. The molecule has 0 saturated carbocycles. The minimum Gasteiger partial charge on any atom is -0.493 e. The molecule has 6 nitrogen and oxygen atoms in total. The van der Waals surface area contributed by atoms with Crippen molar-refractivity contribution in [1.29, 1.82) is 5.26 Å². The first-order chi connectivity index (χ1) is 18.1. The molecule has 37 heavy (non-hydrogen) atoms. The van der Waals surface area contributed by atoms with Crippen molar-refractivity contribution in [3.8, 4) is 17.6 Å². The predicted octanol–water partition coefficient (Wildman–Crippen LogP) is 6.54. The number of carbonyl (C=O) groups excluding carboxylic acids is 2. The minimum absolute atomic E-state index is 0.0522. The third-order valence-electron chi connectivity index (χ3n) is 6.03. The van der Waals surface area contributed by atoms with Gasteiger partial charge in [-0.05, 0) is 69.6 Å².